The number of esters is 1. The number of methoxy groups -OCH3 is 1. The average molecular weight is 164 g/mol. The number of hydrogen-bond donors (Lipinski definition) is 3. The maximum atomic E-state index is 10.4. The third-order valence-electron chi connectivity index (χ3n) is 0.995. The number of aliphatic hydroxyl groups excluding tert-OH is 2. The third-order valence-corrected chi connectivity index (χ3v) is 0.995. The number of rotatable bonds is 3. The Bertz CT molecular complexity index is 164. The molecular weight excluding hydrogens is 156 g/mol. The molecule has 0 fully saturated rings. The van der Waals surface area contributed by atoms with Crippen LogP contribution in [-0.4, -0.2) is 46.6 Å². The summed E-state index contributed by atoms with van der Waals surface area (Å²) in [6.07, 6.45) is -4.17. The van der Waals surface area contributed by atoms with Crippen molar-refractivity contribution in [3.8, 4) is 0 Å². The molecule has 0 bridgehead atoms. The lowest BCUT2D eigenvalue weighted by atomic mass is 10.2. The van der Waals surface area contributed by atoms with Crippen LogP contribution in [0, 0.1) is 0 Å². The molecule has 0 aromatic rings. The first kappa shape index (κ1) is 9.86. The van der Waals surface area contributed by atoms with E-state index in [-0.39, 0.29) is 0 Å². The fraction of sp³-hybridized carbons (Fsp3) is 0.600. The van der Waals surface area contributed by atoms with Crippen molar-refractivity contribution in [2.24, 2.45) is 0 Å². The second-order valence-corrected chi connectivity index (χ2v) is 1.75. The number of carbonyl (C=O) groups is 2. The van der Waals surface area contributed by atoms with Crippen LogP contribution in [-0.2, 0) is 14.3 Å². The van der Waals surface area contributed by atoms with Gasteiger partial charge in [0.1, 0.15) is 0 Å². The summed E-state index contributed by atoms with van der Waals surface area (Å²) in [7, 11) is 0.972. The molecule has 2 atom stereocenters. The van der Waals surface area contributed by atoms with E-state index < -0.39 is 24.1 Å². The summed E-state index contributed by atoms with van der Waals surface area (Å²) in [5.41, 5.74) is 0. The topological polar surface area (TPSA) is 104 Å². The van der Waals surface area contributed by atoms with Gasteiger partial charge in [-0.3, -0.25) is 0 Å². The average Bonchev–Trinajstić information content (AvgIpc) is 2.00. The minimum Gasteiger partial charge on any atom is -0.479 e. The third kappa shape index (κ3) is 2.52. The molecule has 0 saturated carbocycles. The van der Waals surface area contributed by atoms with Gasteiger partial charge in [-0.2, -0.15) is 0 Å². The van der Waals surface area contributed by atoms with Gasteiger partial charge in [0.25, 0.3) is 0 Å². The van der Waals surface area contributed by atoms with E-state index in [1.165, 1.54) is 0 Å². The quantitative estimate of drug-likeness (QED) is 0.415. The molecule has 0 aromatic carbocycles. The van der Waals surface area contributed by atoms with E-state index in [0.717, 1.165) is 7.11 Å². The molecule has 3 N–H and O–H groups in total. The lowest BCUT2D eigenvalue weighted by Crippen LogP contribution is -2.40. The highest BCUT2D eigenvalue weighted by Gasteiger charge is 2.30. The molecule has 11 heavy (non-hydrogen) atoms. The van der Waals surface area contributed by atoms with Gasteiger partial charge in [0.15, 0.2) is 12.2 Å². The van der Waals surface area contributed by atoms with E-state index >= 15 is 0 Å². The smallest absolute Gasteiger partial charge is 0.338 e. The highest BCUT2D eigenvalue weighted by molar-refractivity contribution is 5.84. The Labute approximate surface area is 62.0 Å². The molecule has 0 amide bonds. The zero-order chi connectivity index (χ0) is 9.02. The molecule has 6 heteroatoms. The molecule has 0 radical (unpaired) electrons. The van der Waals surface area contributed by atoms with Gasteiger partial charge in [-0.25, -0.2) is 9.59 Å². The molecule has 0 rings (SSSR count). The number of hydrogen-bond acceptors (Lipinski definition) is 5. The summed E-state index contributed by atoms with van der Waals surface area (Å²) >= 11 is 0. The Hall–Kier alpha value is -1.14. The van der Waals surface area contributed by atoms with Gasteiger partial charge in [0.2, 0.25) is 0 Å². The summed E-state index contributed by atoms with van der Waals surface area (Å²) in [4.78, 5) is 20.3. The van der Waals surface area contributed by atoms with Crippen LogP contribution in [0.4, 0.5) is 0 Å². The number of carbonyl (C=O) groups excluding carboxylic acids is 1. The van der Waals surface area contributed by atoms with Gasteiger partial charge in [-0.1, -0.05) is 0 Å². The predicted octanol–water partition coefficient (Wildman–Crippen LogP) is -2.03. The van der Waals surface area contributed by atoms with Crippen molar-refractivity contribution >= 4 is 11.9 Å². The predicted molar refractivity (Wildman–Crippen MR) is 31.7 cm³/mol. The molecule has 0 unspecified atom stereocenters. The summed E-state index contributed by atoms with van der Waals surface area (Å²) in [6, 6.07) is 0. The van der Waals surface area contributed by atoms with Crippen LogP contribution < -0.4 is 0 Å². The van der Waals surface area contributed by atoms with E-state index in [9.17, 15) is 9.59 Å². The zero-order valence-corrected chi connectivity index (χ0v) is 5.72. The van der Waals surface area contributed by atoms with Crippen molar-refractivity contribution < 1.29 is 29.6 Å². The van der Waals surface area contributed by atoms with Crippen LogP contribution in [0.5, 0.6) is 0 Å². The molecule has 0 aliphatic carbocycles. The summed E-state index contributed by atoms with van der Waals surface area (Å²) < 4.78 is 3.97. The van der Waals surface area contributed by atoms with Crippen LogP contribution >= 0.6 is 0 Å². The van der Waals surface area contributed by atoms with Gasteiger partial charge in [-0.15, -0.1) is 0 Å². The number of carboxylic acids is 1. The highest BCUT2D eigenvalue weighted by atomic mass is 16.5. The second-order valence-electron chi connectivity index (χ2n) is 1.75. The normalized spacial score (nSPS) is 15.2. The monoisotopic (exact) mass is 164 g/mol. The van der Waals surface area contributed by atoms with Crippen molar-refractivity contribution in [3.05, 3.63) is 0 Å². The Morgan fingerprint density at radius 1 is 1.27 bits per heavy atom. The minimum absolute atomic E-state index is 0.972. The molecule has 0 aliphatic rings. The van der Waals surface area contributed by atoms with E-state index in [1.807, 2.05) is 0 Å². The van der Waals surface area contributed by atoms with Crippen molar-refractivity contribution in [1.82, 2.24) is 0 Å². The first-order valence-corrected chi connectivity index (χ1v) is 2.67. The van der Waals surface area contributed by atoms with Crippen LogP contribution in [0.15, 0.2) is 0 Å². The van der Waals surface area contributed by atoms with E-state index in [2.05, 4.69) is 4.74 Å². The van der Waals surface area contributed by atoms with Crippen LogP contribution in [0.1, 0.15) is 0 Å². The summed E-state index contributed by atoms with van der Waals surface area (Å²) in [6.45, 7) is 0. The molecule has 0 saturated heterocycles. The van der Waals surface area contributed by atoms with Crippen molar-refractivity contribution in [2.45, 2.75) is 12.2 Å². The maximum absolute atomic E-state index is 10.4. The summed E-state index contributed by atoms with van der Waals surface area (Å²) in [5, 5.41) is 25.3. The van der Waals surface area contributed by atoms with Crippen LogP contribution in [0.25, 0.3) is 0 Å². The van der Waals surface area contributed by atoms with Crippen molar-refractivity contribution in [1.29, 1.82) is 0 Å². The number of aliphatic hydroxyl groups is 2. The van der Waals surface area contributed by atoms with E-state index in [4.69, 9.17) is 15.3 Å². The molecule has 0 spiro atoms. The van der Waals surface area contributed by atoms with E-state index in [0.29, 0.717) is 0 Å². The standard InChI is InChI=1S/C5H8O6/c1-11-5(10)3(7)2(6)4(8)9/h2-3,6-7H,1H3,(H,8,9)/t2-,3+/m0/s1. The fourth-order valence-corrected chi connectivity index (χ4v) is 0.385. The Balaban J connectivity index is 4.12. The number of ether oxygens (including phenoxy) is 1. The first-order chi connectivity index (χ1) is 5.00. The van der Waals surface area contributed by atoms with Crippen LogP contribution in [0.2, 0.25) is 0 Å². The second kappa shape index (κ2) is 3.89. The highest BCUT2D eigenvalue weighted by Crippen LogP contribution is 1.95. The first-order valence-electron chi connectivity index (χ1n) is 2.67. The zero-order valence-electron chi connectivity index (χ0n) is 5.72. The van der Waals surface area contributed by atoms with Crippen molar-refractivity contribution in [2.75, 3.05) is 7.11 Å². The number of carboxylic acid groups (broad SMARTS) is 1. The largest absolute Gasteiger partial charge is 0.479 e. The van der Waals surface area contributed by atoms with Gasteiger partial charge >= 0.3 is 11.9 Å². The van der Waals surface area contributed by atoms with Crippen LogP contribution in [0.3, 0.4) is 0 Å². The van der Waals surface area contributed by atoms with Gasteiger partial charge in [-0.05, 0) is 0 Å². The SMILES string of the molecule is COC(=O)[C@H](O)[C@H](O)C(=O)O. The fourth-order valence-electron chi connectivity index (χ4n) is 0.385. The molecular formula is C5H8O6. The molecule has 0 heterocycles. The van der Waals surface area contributed by atoms with Gasteiger partial charge in [0, 0.05) is 0 Å². The molecule has 0 aromatic heterocycles. The lowest BCUT2D eigenvalue weighted by Gasteiger charge is -2.10. The van der Waals surface area contributed by atoms with Crippen molar-refractivity contribution in [3.63, 3.8) is 0 Å². The number of aliphatic carboxylic acids is 1. The molecule has 64 valence electrons. The maximum Gasteiger partial charge on any atom is 0.338 e. The molecule has 6 nitrogen and oxygen atoms in total. The Morgan fingerprint density at radius 3 is 2.00 bits per heavy atom. The Morgan fingerprint density at radius 2 is 1.73 bits per heavy atom. The lowest BCUT2D eigenvalue weighted by molar-refractivity contribution is -0.167. The van der Waals surface area contributed by atoms with Gasteiger partial charge < -0.3 is 20.1 Å². The van der Waals surface area contributed by atoms with E-state index in [1.54, 1.807) is 0 Å². The van der Waals surface area contributed by atoms with Gasteiger partial charge in [0.05, 0.1) is 7.11 Å². The molecule has 0 aliphatic heterocycles. The minimum atomic E-state index is -2.14. The summed E-state index contributed by atoms with van der Waals surface area (Å²) in [5.74, 6) is -2.86. The Kier molecular flexibility index (Phi) is 3.49.